The Labute approximate surface area is 207 Å². The Morgan fingerprint density at radius 3 is 2.29 bits per heavy atom. The van der Waals surface area contributed by atoms with E-state index >= 15 is 0 Å². The van der Waals surface area contributed by atoms with Crippen molar-refractivity contribution in [2.45, 2.75) is 50.4 Å². The Bertz CT molecular complexity index is 1070. The molecule has 0 saturated heterocycles. The van der Waals surface area contributed by atoms with Crippen LogP contribution in [0, 0.1) is 0 Å². The molecule has 182 valence electrons. The van der Waals surface area contributed by atoms with E-state index in [1.165, 1.54) is 16.7 Å². The first-order chi connectivity index (χ1) is 17.1. The molecule has 0 aromatic heterocycles. The third-order valence-corrected chi connectivity index (χ3v) is 6.82. The molecular formula is C30H33NO4. The highest BCUT2D eigenvalue weighted by atomic mass is 16.5. The smallest absolute Gasteiger partial charge is 0.341 e. The second-order valence-electron chi connectivity index (χ2n) is 9.15. The molecule has 1 aliphatic rings. The van der Waals surface area contributed by atoms with Crippen LogP contribution in [0.25, 0.3) is 0 Å². The van der Waals surface area contributed by atoms with Gasteiger partial charge in [0, 0.05) is 18.9 Å². The van der Waals surface area contributed by atoms with Gasteiger partial charge < -0.3 is 15.2 Å². The first-order valence-corrected chi connectivity index (χ1v) is 12.4. The van der Waals surface area contributed by atoms with Crippen LogP contribution in [0.1, 0.15) is 66.2 Å². The summed E-state index contributed by atoms with van der Waals surface area (Å²) in [5.74, 6) is 0.294. The minimum atomic E-state index is -0.978. The standard InChI is InChI=1S/C30H33NO4/c32-29(31-20-19-25(22-9-3-1-4-10-22)23-11-5-2-6-12-23)18-17-24-13-7-15-27-26(24)14-8-16-28(27)35-21-30(33)34/h1-6,8-12,14,16,24-25H,7,13,15,17-21H2,(H,31,32)(H,33,34). The predicted octanol–water partition coefficient (Wildman–Crippen LogP) is 5.69. The van der Waals surface area contributed by atoms with Gasteiger partial charge in [0.25, 0.3) is 0 Å². The quantitative estimate of drug-likeness (QED) is 0.377. The number of fused-ring (bicyclic) bond motifs is 1. The van der Waals surface area contributed by atoms with Gasteiger partial charge in [-0.05, 0) is 66.3 Å². The van der Waals surface area contributed by atoms with Crippen molar-refractivity contribution in [3.63, 3.8) is 0 Å². The van der Waals surface area contributed by atoms with Crippen LogP contribution in [0.4, 0.5) is 0 Å². The number of carbonyl (C=O) groups is 2. The Morgan fingerprint density at radius 2 is 1.63 bits per heavy atom. The number of carboxylic acids is 1. The molecule has 0 radical (unpaired) electrons. The molecule has 0 bridgehead atoms. The molecule has 1 atom stereocenters. The Hall–Kier alpha value is -3.60. The topological polar surface area (TPSA) is 75.6 Å². The monoisotopic (exact) mass is 471 g/mol. The maximum Gasteiger partial charge on any atom is 0.341 e. The van der Waals surface area contributed by atoms with E-state index in [0.29, 0.717) is 24.6 Å². The van der Waals surface area contributed by atoms with Gasteiger partial charge in [0.1, 0.15) is 5.75 Å². The second kappa shape index (κ2) is 12.2. The van der Waals surface area contributed by atoms with Gasteiger partial charge in [-0.15, -0.1) is 0 Å². The molecule has 3 aromatic rings. The second-order valence-corrected chi connectivity index (χ2v) is 9.15. The fraction of sp³-hybridized carbons (Fsp3) is 0.333. The normalized spacial score (nSPS) is 14.8. The summed E-state index contributed by atoms with van der Waals surface area (Å²) in [6, 6.07) is 26.7. The lowest BCUT2D eigenvalue weighted by atomic mass is 9.80. The molecule has 1 aliphatic carbocycles. The minimum Gasteiger partial charge on any atom is -0.482 e. The molecule has 0 spiro atoms. The van der Waals surface area contributed by atoms with Crippen molar-refractivity contribution in [1.29, 1.82) is 0 Å². The summed E-state index contributed by atoms with van der Waals surface area (Å²) < 4.78 is 5.51. The molecule has 2 N–H and O–H groups in total. The number of carbonyl (C=O) groups excluding carboxylic acids is 1. The summed E-state index contributed by atoms with van der Waals surface area (Å²) in [4.78, 5) is 23.6. The van der Waals surface area contributed by atoms with E-state index in [2.05, 4.69) is 59.9 Å². The number of amides is 1. The van der Waals surface area contributed by atoms with E-state index in [9.17, 15) is 9.59 Å². The van der Waals surface area contributed by atoms with Crippen molar-refractivity contribution in [2.24, 2.45) is 0 Å². The summed E-state index contributed by atoms with van der Waals surface area (Å²) in [6.45, 7) is 0.290. The van der Waals surface area contributed by atoms with Crippen molar-refractivity contribution >= 4 is 11.9 Å². The Balaban J connectivity index is 1.31. The first kappa shape index (κ1) is 24.5. The lowest BCUT2D eigenvalue weighted by molar-refractivity contribution is -0.139. The molecule has 3 aromatic carbocycles. The fourth-order valence-electron chi connectivity index (χ4n) is 5.13. The van der Waals surface area contributed by atoms with E-state index in [0.717, 1.165) is 37.7 Å². The van der Waals surface area contributed by atoms with Crippen LogP contribution >= 0.6 is 0 Å². The maximum absolute atomic E-state index is 12.7. The van der Waals surface area contributed by atoms with Crippen molar-refractivity contribution < 1.29 is 19.4 Å². The third-order valence-electron chi connectivity index (χ3n) is 6.82. The Morgan fingerprint density at radius 1 is 0.943 bits per heavy atom. The molecule has 1 unspecified atom stereocenters. The molecule has 0 fully saturated rings. The van der Waals surface area contributed by atoms with Gasteiger partial charge in [0.2, 0.25) is 5.91 Å². The van der Waals surface area contributed by atoms with E-state index < -0.39 is 5.97 Å². The van der Waals surface area contributed by atoms with E-state index in [-0.39, 0.29) is 18.4 Å². The molecule has 5 heteroatoms. The molecule has 0 aliphatic heterocycles. The molecule has 4 rings (SSSR count). The summed E-state index contributed by atoms with van der Waals surface area (Å²) in [7, 11) is 0. The van der Waals surface area contributed by atoms with Crippen LogP contribution in [0.15, 0.2) is 78.9 Å². The van der Waals surface area contributed by atoms with Crippen molar-refractivity contribution in [2.75, 3.05) is 13.2 Å². The predicted molar refractivity (Wildman–Crippen MR) is 137 cm³/mol. The van der Waals surface area contributed by atoms with Crippen LogP contribution < -0.4 is 10.1 Å². The van der Waals surface area contributed by atoms with Crippen molar-refractivity contribution in [3.05, 3.63) is 101 Å². The van der Waals surface area contributed by atoms with Crippen LogP contribution in [0.3, 0.4) is 0 Å². The van der Waals surface area contributed by atoms with E-state index in [4.69, 9.17) is 9.84 Å². The lowest BCUT2D eigenvalue weighted by Gasteiger charge is -2.27. The first-order valence-electron chi connectivity index (χ1n) is 12.4. The van der Waals surface area contributed by atoms with Gasteiger partial charge in [0.05, 0.1) is 0 Å². The number of ether oxygens (including phenoxy) is 1. The van der Waals surface area contributed by atoms with Gasteiger partial charge in [-0.1, -0.05) is 72.8 Å². The van der Waals surface area contributed by atoms with Gasteiger partial charge in [0.15, 0.2) is 6.61 Å². The van der Waals surface area contributed by atoms with Crippen molar-refractivity contribution in [3.8, 4) is 5.75 Å². The lowest BCUT2D eigenvalue weighted by Crippen LogP contribution is -2.26. The molecule has 0 saturated carbocycles. The van der Waals surface area contributed by atoms with Gasteiger partial charge in [-0.2, -0.15) is 0 Å². The average Bonchev–Trinajstić information content (AvgIpc) is 2.89. The van der Waals surface area contributed by atoms with E-state index in [1.807, 2.05) is 24.3 Å². The maximum atomic E-state index is 12.7. The van der Waals surface area contributed by atoms with Crippen molar-refractivity contribution in [1.82, 2.24) is 5.32 Å². The van der Waals surface area contributed by atoms with E-state index in [1.54, 1.807) is 0 Å². The Kier molecular flexibility index (Phi) is 8.55. The molecule has 1 amide bonds. The van der Waals surface area contributed by atoms with Gasteiger partial charge in [-0.3, -0.25) is 4.79 Å². The van der Waals surface area contributed by atoms with Crippen LogP contribution in [-0.2, 0) is 16.0 Å². The number of aliphatic carboxylic acids is 1. The summed E-state index contributed by atoms with van der Waals surface area (Å²) in [5.41, 5.74) is 4.81. The zero-order valence-electron chi connectivity index (χ0n) is 20.0. The molecule has 0 heterocycles. The number of benzene rings is 3. The van der Waals surface area contributed by atoms with Gasteiger partial charge >= 0.3 is 5.97 Å². The highest BCUT2D eigenvalue weighted by molar-refractivity contribution is 5.76. The number of hydrogen-bond acceptors (Lipinski definition) is 3. The number of nitrogens with one attached hydrogen (secondary N) is 1. The fourth-order valence-corrected chi connectivity index (χ4v) is 5.13. The summed E-state index contributed by atoms with van der Waals surface area (Å²) in [6.07, 6.45) is 5.04. The number of hydrogen-bond donors (Lipinski definition) is 2. The SMILES string of the molecule is O=C(O)COc1cccc2c1CCCC2CCC(=O)NCCC(c1ccccc1)c1ccccc1. The van der Waals surface area contributed by atoms with Gasteiger partial charge in [-0.25, -0.2) is 4.79 Å². The third kappa shape index (κ3) is 6.72. The summed E-state index contributed by atoms with van der Waals surface area (Å²) >= 11 is 0. The minimum absolute atomic E-state index is 0.0790. The summed E-state index contributed by atoms with van der Waals surface area (Å²) in [5, 5.41) is 12.1. The molecular weight excluding hydrogens is 438 g/mol. The largest absolute Gasteiger partial charge is 0.482 e. The average molecular weight is 472 g/mol. The highest BCUT2D eigenvalue weighted by Gasteiger charge is 2.24. The van der Waals surface area contributed by atoms with Crippen LogP contribution in [0.2, 0.25) is 0 Å². The molecule has 35 heavy (non-hydrogen) atoms. The highest BCUT2D eigenvalue weighted by Crippen LogP contribution is 2.39. The molecule has 5 nitrogen and oxygen atoms in total. The van der Waals surface area contributed by atoms with Crippen LogP contribution in [0.5, 0.6) is 5.75 Å². The number of rotatable bonds is 11. The zero-order valence-corrected chi connectivity index (χ0v) is 20.0. The van der Waals surface area contributed by atoms with Crippen LogP contribution in [-0.4, -0.2) is 30.1 Å². The number of carboxylic acid groups (broad SMARTS) is 1. The zero-order chi connectivity index (χ0) is 24.5.